The highest BCUT2D eigenvalue weighted by Crippen LogP contribution is 2.30. The van der Waals surface area contributed by atoms with Gasteiger partial charge in [0.15, 0.2) is 17.1 Å². The number of para-hydroxylation sites is 1. The van der Waals surface area contributed by atoms with Crippen LogP contribution in [0, 0.1) is 20.8 Å². The monoisotopic (exact) mass is 554 g/mol. The van der Waals surface area contributed by atoms with E-state index in [4.69, 9.17) is 16.3 Å². The molecule has 4 aromatic rings. The van der Waals surface area contributed by atoms with Gasteiger partial charge in [-0.1, -0.05) is 41.6 Å². The van der Waals surface area contributed by atoms with Crippen LogP contribution in [-0.4, -0.2) is 35.8 Å². The average molecular weight is 555 g/mol. The highest BCUT2D eigenvalue weighted by molar-refractivity contribution is 7.99. The first-order valence-corrected chi connectivity index (χ1v) is 13.6. The zero-order valence-electron chi connectivity index (χ0n) is 22.3. The van der Waals surface area contributed by atoms with E-state index >= 15 is 0 Å². The first kappa shape index (κ1) is 27.5. The van der Waals surface area contributed by atoms with Gasteiger partial charge >= 0.3 is 0 Å². The van der Waals surface area contributed by atoms with Crippen LogP contribution >= 0.6 is 23.4 Å². The lowest BCUT2D eigenvalue weighted by molar-refractivity contribution is -0.113. The largest absolute Gasteiger partial charge is 0.483 e. The number of benzene rings is 2. The summed E-state index contributed by atoms with van der Waals surface area (Å²) in [5.41, 5.74) is 3.24. The highest BCUT2D eigenvalue weighted by atomic mass is 35.5. The molecule has 1 unspecified atom stereocenters. The Balaban J connectivity index is 1.45. The zero-order valence-corrected chi connectivity index (χ0v) is 23.9. The topological polar surface area (TPSA) is 96.0 Å². The molecule has 1 N–H and O–H groups in total. The number of thioether (sulfide) groups is 1. The summed E-state index contributed by atoms with van der Waals surface area (Å²) in [7, 11) is 1.79. The number of halogens is 1. The van der Waals surface area contributed by atoms with Crippen molar-refractivity contribution in [3.63, 3.8) is 0 Å². The number of hydrogen-bond acceptors (Lipinski definition) is 6. The molecular formula is C27H31ClN6O3S. The molecule has 0 aliphatic carbocycles. The van der Waals surface area contributed by atoms with E-state index in [0.717, 1.165) is 21.8 Å². The minimum atomic E-state index is -0.367. The molecule has 0 bridgehead atoms. The first-order valence-electron chi connectivity index (χ1n) is 12.3. The summed E-state index contributed by atoms with van der Waals surface area (Å²) in [6.45, 7) is 10.2. The number of amides is 1. The number of nitrogens with zero attached hydrogens (tertiary/aromatic N) is 5. The molecule has 0 aliphatic heterocycles. The van der Waals surface area contributed by atoms with Crippen LogP contribution in [0.5, 0.6) is 5.75 Å². The van der Waals surface area contributed by atoms with E-state index in [1.807, 2.05) is 74.7 Å². The molecule has 200 valence electrons. The lowest BCUT2D eigenvalue weighted by Gasteiger charge is -2.17. The molecule has 0 saturated heterocycles. The predicted molar refractivity (Wildman–Crippen MR) is 151 cm³/mol. The third-order valence-electron chi connectivity index (χ3n) is 6.30. The molecule has 2 heterocycles. The third kappa shape index (κ3) is 5.51. The second-order valence-corrected chi connectivity index (χ2v) is 10.3. The molecule has 4 rings (SSSR count). The van der Waals surface area contributed by atoms with E-state index < -0.39 is 0 Å². The summed E-state index contributed by atoms with van der Waals surface area (Å²) in [6, 6.07) is 13.1. The minimum absolute atomic E-state index is 0.0715. The number of aromatic nitrogens is 5. The number of carbonyl (C=O) groups is 1. The van der Waals surface area contributed by atoms with Gasteiger partial charge in [0.2, 0.25) is 5.91 Å². The number of nitrogens with one attached hydrogen (secondary N) is 1. The van der Waals surface area contributed by atoms with Gasteiger partial charge in [0.05, 0.1) is 17.1 Å². The SMILES string of the molecule is CCn1c(SCC(=O)Nc2c(C)n(C)n(-c3ccccc3)c2=O)nnc1C(C)Oc1cc(C)c(Cl)c(C)c1. The fourth-order valence-corrected chi connectivity index (χ4v) is 5.17. The van der Waals surface area contributed by atoms with Crippen molar-refractivity contribution in [1.82, 2.24) is 24.1 Å². The van der Waals surface area contributed by atoms with Gasteiger partial charge in [0, 0.05) is 18.6 Å². The summed E-state index contributed by atoms with van der Waals surface area (Å²) in [5, 5.41) is 12.7. The summed E-state index contributed by atoms with van der Waals surface area (Å²) < 4.78 is 11.3. The number of anilines is 1. The van der Waals surface area contributed by atoms with Gasteiger partial charge in [0.25, 0.3) is 5.56 Å². The molecule has 1 amide bonds. The van der Waals surface area contributed by atoms with Crippen LogP contribution in [0.2, 0.25) is 5.02 Å². The normalized spacial score (nSPS) is 12.0. The van der Waals surface area contributed by atoms with Crippen LogP contribution in [0.1, 0.15) is 42.6 Å². The quantitative estimate of drug-likeness (QED) is 0.284. The summed E-state index contributed by atoms with van der Waals surface area (Å²) in [5.74, 6) is 1.13. The van der Waals surface area contributed by atoms with Gasteiger partial charge in [-0.15, -0.1) is 10.2 Å². The molecule has 0 fully saturated rings. The zero-order chi connectivity index (χ0) is 27.6. The van der Waals surface area contributed by atoms with Crippen molar-refractivity contribution in [1.29, 1.82) is 0 Å². The molecule has 2 aromatic heterocycles. The highest BCUT2D eigenvalue weighted by Gasteiger charge is 2.22. The molecule has 11 heteroatoms. The molecule has 9 nitrogen and oxygen atoms in total. The van der Waals surface area contributed by atoms with Crippen LogP contribution in [-0.2, 0) is 18.4 Å². The van der Waals surface area contributed by atoms with Crippen LogP contribution in [0.15, 0.2) is 52.4 Å². The van der Waals surface area contributed by atoms with E-state index in [1.165, 1.54) is 16.4 Å². The first-order chi connectivity index (χ1) is 18.1. The Bertz CT molecular complexity index is 1500. The van der Waals surface area contributed by atoms with Crippen molar-refractivity contribution in [2.45, 2.75) is 52.4 Å². The average Bonchev–Trinajstić information content (AvgIpc) is 3.40. The smallest absolute Gasteiger partial charge is 0.295 e. The Kier molecular flexibility index (Phi) is 8.32. The van der Waals surface area contributed by atoms with Crippen molar-refractivity contribution in [3.05, 3.63) is 80.5 Å². The Labute approximate surface area is 230 Å². The Morgan fingerprint density at radius 2 is 1.79 bits per heavy atom. The minimum Gasteiger partial charge on any atom is -0.483 e. The van der Waals surface area contributed by atoms with Gasteiger partial charge in [-0.05, 0) is 70.0 Å². The molecular weight excluding hydrogens is 524 g/mol. The molecule has 0 aliphatic rings. The van der Waals surface area contributed by atoms with Crippen molar-refractivity contribution in [2.24, 2.45) is 7.05 Å². The fraction of sp³-hybridized carbons (Fsp3) is 0.333. The molecule has 0 spiro atoms. The summed E-state index contributed by atoms with van der Waals surface area (Å²) in [6.07, 6.45) is -0.367. The molecule has 38 heavy (non-hydrogen) atoms. The van der Waals surface area contributed by atoms with Crippen molar-refractivity contribution < 1.29 is 9.53 Å². The Morgan fingerprint density at radius 3 is 2.42 bits per heavy atom. The van der Waals surface area contributed by atoms with Gasteiger partial charge in [-0.2, -0.15) is 0 Å². The standard InChI is InChI=1S/C27H31ClN6O3S/c1-7-33-25(19(5)37-21-13-16(2)23(28)17(3)14-21)30-31-27(33)38-15-22(35)29-24-18(4)32(6)34(26(24)36)20-11-9-8-10-12-20/h8-14,19H,7,15H2,1-6H3,(H,29,35). The van der Waals surface area contributed by atoms with Crippen molar-refractivity contribution in [2.75, 3.05) is 11.1 Å². The molecule has 0 radical (unpaired) electrons. The number of aryl methyl sites for hydroxylation is 2. The maximum Gasteiger partial charge on any atom is 0.295 e. The maximum absolute atomic E-state index is 13.1. The van der Waals surface area contributed by atoms with E-state index in [-0.39, 0.29) is 29.0 Å². The fourth-order valence-electron chi connectivity index (χ4n) is 4.25. The van der Waals surface area contributed by atoms with Crippen LogP contribution in [0.4, 0.5) is 5.69 Å². The van der Waals surface area contributed by atoms with E-state index in [0.29, 0.717) is 29.0 Å². The number of hydrogen-bond donors (Lipinski definition) is 1. The van der Waals surface area contributed by atoms with Gasteiger partial charge in [-0.25, -0.2) is 4.68 Å². The van der Waals surface area contributed by atoms with Gasteiger partial charge in [-0.3, -0.25) is 14.3 Å². The van der Waals surface area contributed by atoms with Gasteiger partial charge < -0.3 is 14.6 Å². The molecule has 2 aromatic carbocycles. The summed E-state index contributed by atoms with van der Waals surface area (Å²) >= 11 is 7.54. The lowest BCUT2D eigenvalue weighted by atomic mass is 10.1. The Morgan fingerprint density at radius 1 is 1.13 bits per heavy atom. The Hall–Kier alpha value is -3.50. The summed E-state index contributed by atoms with van der Waals surface area (Å²) in [4.78, 5) is 25.9. The van der Waals surface area contributed by atoms with E-state index in [9.17, 15) is 9.59 Å². The molecule has 1 atom stereocenters. The second kappa shape index (κ2) is 11.5. The number of carbonyl (C=O) groups excluding carboxylic acids is 1. The van der Waals surface area contributed by atoms with E-state index in [2.05, 4.69) is 15.5 Å². The lowest BCUT2D eigenvalue weighted by Crippen LogP contribution is -2.23. The second-order valence-electron chi connectivity index (χ2n) is 8.99. The van der Waals surface area contributed by atoms with Gasteiger partial charge in [0.1, 0.15) is 11.4 Å². The van der Waals surface area contributed by atoms with Crippen molar-refractivity contribution >= 4 is 35.0 Å². The predicted octanol–water partition coefficient (Wildman–Crippen LogP) is 5.24. The maximum atomic E-state index is 13.1. The van der Waals surface area contributed by atoms with Crippen molar-refractivity contribution in [3.8, 4) is 11.4 Å². The van der Waals surface area contributed by atoms with Crippen LogP contribution in [0.25, 0.3) is 5.69 Å². The van der Waals surface area contributed by atoms with Crippen LogP contribution < -0.4 is 15.6 Å². The number of ether oxygens (including phenoxy) is 1. The number of rotatable bonds is 9. The van der Waals surface area contributed by atoms with Crippen LogP contribution in [0.3, 0.4) is 0 Å². The van der Waals surface area contributed by atoms with E-state index in [1.54, 1.807) is 18.7 Å². The third-order valence-corrected chi connectivity index (χ3v) is 7.86. The molecule has 0 saturated carbocycles.